The first-order valence-electron chi connectivity index (χ1n) is 11.1. The van der Waals surface area contributed by atoms with Gasteiger partial charge < -0.3 is 14.9 Å². The van der Waals surface area contributed by atoms with Crippen LogP contribution in [0, 0.1) is 28.6 Å². The zero-order valence-corrected chi connectivity index (χ0v) is 18.9. The number of allylic oxidation sites excluding steroid dienone is 4. The second-order valence-corrected chi connectivity index (χ2v) is 10.5. The Morgan fingerprint density at radius 2 is 1.82 bits per heavy atom. The molecule has 9 atom stereocenters. The number of ketones is 2. The van der Waals surface area contributed by atoms with E-state index in [-0.39, 0.29) is 24.8 Å². The Kier molecular flexibility index (Phi) is 5.06. The molecule has 4 aliphatic carbocycles. The van der Waals surface area contributed by atoms with Gasteiger partial charge in [0, 0.05) is 29.6 Å². The lowest BCUT2D eigenvalue weighted by atomic mass is 9.44. The lowest BCUT2D eigenvalue weighted by Gasteiger charge is -2.63. The van der Waals surface area contributed by atoms with Crippen LogP contribution >= 0.6 is 0 Å². The number of aliphatic carboxylic acids is 1. The van der Waals surface area contributed by atoms with E-state index in [9.17, 15) is 29.4 Å². The van der Waals surface area contributed by atoms with E-state index in [0.29, 0.717) is 0 Å². The molecule has 0 amide bonds. The lowest BCUT2D eigenvalue weighted by Crippen LogP contribution is -2.71. The van der Waals surface area contributed by atoms with E-state index in [1.165, 1.54) is 19.9 Å². The van der Waals surface area contributed by atoms with Gasteiger partial charge in [0.15, 0.2) is 17.1 Å². The van der Waals surface area contributed by atoms with Crippen molar-refractivity contribution >= 4 is 23.5 Å². The third-order valence-corrected chi connectivity index (χ3v) is 9.00. The summed E-state index contributed by atoms with van der Waals surface area (Å²) in [4.78, 5) is 48.8. The van der Waals surface area contributed by atoms with Gasteiger partial charge in [0.05, 0.1) is 6.10 Å². The number of aliphatic hydroxyl groups excluding tert-OH is 1. The molecule has 0 aromatic heterocycles. The van der Waals surface area contributed by atoms with Crippen molar-refractivity contribution < 1.29 is 42.9 Å². The van der Waals surface area contributed by atoms with Gasteiger partial charge in [-0.05, 0) is 49.8 Å². The summed E-state index contributed by atoms with van der Waals surface area (Å²) in [5, 5.41) is 20.8. The van der Waals surface area contributed by atoms with Crippen molar-refractivity contribution in [3.05, 3.63) is 23.8 Å². The molecular formula is C24H28F2O7. The predicted octanol–water partition coefficient (Wildman–Crippen LogP) is 2.51. The number of alkyl halides is 2. The van der Waals surface area contributed by atoms with Crippen LogP contribution in [0.5, 0.6) is 0 Å². The highest BCUT2D eigenvalue weighted by Crippen LogP contribution is 2.71. The molecule has 4 aliphatic rings. The van der Waals surface area contributed by atoms with Crippen LogP contribution in [0.1, 0.15) is 47.0 Å². The molecule has 0 spiro atoms. The molecule has 3 saturated carbocycles. The fraction of sp³-hybridized carbons (Fsp3) is 0.667. The fourth-order valence-corrected chi connectivity index (χ4v) is 7.66. The number of hydrogen-bond acceptors (Lipinski definition) is 6. The highest BCUT2D eigenvalue weighted by Gasteiger charge is 2.78. The number of ether oxygens (including phenoxy) is 1. The Labute approximate surface area is 189 Å². The van der Waals surface area contributed by atoms with Crippen molar-refractivity contribution in [1.82, 2.24) is 0 Å². The van der Waals surface area contributed by atoms with Crippen molar-refractivity contribution in [3.8, 4) is 0 Å². The van der Waals surface area contributed by atoms with Crippen LogP contribution in [0.25, 0.3) is 0 Å². The second-order valence-electron chi connectivity index (χ2n) is 10.5. The van der Waals surface area contributed by atoms with Gasteiger partial charge in [-0.3, -0.25) is 14.4 Å². The van der Waals surface area contributed by atoms with E-state index in [1.807, 2.05) is 0 Å². The number of aliphatic hydroxyl groups is 1. The van der Waals surface area contributed by atoms with Crippen LogP contribution < -0.4 is 0 Å². The van der Waals surface area contributed by atoms with Gasteiger partial charge in [-0.1, -0.05) is 19.9 Å². The Morgan fingerprint density at radius 3 is 2.39 bits per heavy atom. The zero-order valence-electron chi connectivity index (χ0n) is 18.9. The Balaban J connectivity index is 1.91. The topological polar surface area (TPSA) is 118 Å². The minimum Gasteiger partial charge on any atom is -0.475 e. The summed E-state index contributed by atoms with van der Waals surface area (Å²) in [6, 6.07) is 0. The molecule has 0 aromatic rings. The van der Waals surface area contributed by atoms with Crippen LogP contribution in [0.3, 0.4) is 0 Å². The first-order chi connectivity index (χ1) is 15.2. The number of esters is 1. The summed E-state index contributed by atoms with van der Waals surface area (Å²) >= 11 is 0. The number of fused-ring (bicyclic) bond motifs is 5. The minimum absolute atomic E-state index is 0.0321. The maximum Gasteiger partial charge on any atom is 0.376 e. The first kappa shape index (κ1) is 23.7. The van der Waals surface area contributed by atoms with E-state index < -0.39 is 75.6 Å². The lowest BCUT2D eigenvalue weighted by molar-refractivity contribution is -0.230. The number of halogens is 2. The number of Topliss-reactive ketones (excluding diaryl/α,β-unsaturated/α-hetero) is 1. The van der Waals surface area contributed by atoms with Gasteiger partial charge in [-0.2, -0.15) is 0 Å². The molecule has 0 aliphatic heterocycles. The molecule has 4 rings (SSSR count). The van der Waals surface area contributed by atoms with Crippen LogP contribution in [0.2, 0.25) is 0 Å². The Morgan fingerprint density at radius 1 is 1.18 bits per heavy atom. The quantitative estimate of drug-likeness (QED) is 0.485. The third kappa shape index (κ3) is 2.68. The van der Waals surface area contributed by atoms with Crippen molar-refractivity contribution in [2.45, 2.75) is 70.5 Å². The van der Waals surface area contributed by atoms with Crippen LogP contribution in [0.4, 0.5) is 8.78 Å². The number of hydrogen-bond donors (Lipinski definition) is 2. The highest BCUT2D eigenvalue weighted by molar-refractivity contribution is 6.36. The molecule has 3 unspecified atom stereocenters. The summed E-state index contributed by atoms with van der Waals surface area (Å²) < 4.78 is 38.0. The Bertz CT molecular complexity index is 1020. The van der Waals surface area contributed by atoms with E-state index >= 15 is 8.78 Å². The van der Waals surface area contributed by atoms with Crippen molar-refractivity contribution in [1.29, 1.82) is 0 Å². The summed E-state index contributed by atoms with van der Waals surface area (Å²) in [6.07, 6.45) is -0.466. The van der Waals surface area contributed by atoms with Gasteiger partial charge in [0.25, 0.3) is 5.78 Å². The number of carboxylic acid groups (broad SMARTS) is 1. The van der Waals surface area contributed by atoms with Crippen LogP contribution in [-0.4, -0.2) is 57.3 Å². The largest absolute Gasteiger partial charge is 0.475 e. The van der Waals surface area contributed by atoms with Crippen LogP contribution in [0.15, 0.2) is 23.8 Å². The maximum absolute atomic E-state index is 17.1. The highest BCUT2D eigenvalue weighted by atomic mass is 19.1. The minimum atomic E-state index is -2.37. The van der Waals surface area contributed by atoms with E-state index in [1.54, 1.807) is 6.92 Å². The maximum atomic E-state index is 17.1. The van der Waals surface area contributed by atoms with E-state index in [2.05, 4.69) is 0 Å². The standard InChI is InChI=1S/C24H28F2O7/c1-11-7-14-15-9-17(25)16-8-13(28)5-6-21(16,3)23(15,26)18(29)10-22(14,4)24(11,33-12(2)27)19(30)20(31)32/h5-6,8,11,14-15,17-18,29H,7,9-10H2,1-4H3,(H,31,32)/t11?,14-,15-,17?,18?,21-,22-,23-,24-/m0/s1. The molecule has 0 saturated heterocycles. The Hall–Kier alpha value is -2.42. The third-order valence-electron chi connectivity index (χ3n) is 9.00. The summed E-state index contributed by atoms with van der Waals surface area (Å²) in [5.74, 6) is -7.14. The van der Waals surface area contributed by atoms with Crippen molar-refractivity contribution in [2.75, 3.05) is 0 Å². The zero-order chi connectivity index (χ0) is 24.7. The number of carbonyl (C=O) groups excluding carboxylic acids is 3. The summed E-state index contributed by atoms with van der Waals surface area (Å²) in [7, 11) is 0. The predicted molar refractivity (Wildman–Crippen MR) is 110 cm³/mol. The van der Waals surface area contributed by atoms with Gasteiger partial charge in [0.1, 0.15) is 6.17 Å². The van der Waals surface area contributed by atoms with Crippen LogP contribution in [-0.2, 0) is 23.9 Å². The van der Waals surface area contributed by atoms with Crippen molar-refractivity contribution in [3.63, 3.8) is 0 Å². The number of carbonyl (C=O) groups is 4. The summed E-state index contributed by atoms with van der Waals surface area (Å²) in [6.45, 7) is 5.59. The molecule has 0 heterocycles. The molecule has 0 radical (unpaired) electrons. The molecule has 9 heteroatoms. The fourth-order valence-electron chi connectivity index (χ4n) is 7.66. The van der Waals surface area contributed by atoms with E-state index in [4.69, 9.17) is 4.74 Å². The van der Waals surface area contributed by atoms with Crippen molar-refractivity contribution in [2.24, 2.45) is 28.6 Å². The average molecular weight is 466 g/mol. The molecule has 180 valence electrons. The van der Waals surface area contributed by atoms with Gasteiger partial charge in [0.2, 0.25) is 0 Å². The van der Waals surface area contributed by atoms with Gasteiger partial charge in [-0.15, -0.1) is 0 Å². The first-order valence-corrected chi connectivity index (χ1v) is 11.1. The molecule has 7 nitrogen and oxygen atoms in total. The molecule has 33 heavy (non-hydrogen) atoms. The normalized spacial score (nSPS) is 48.3. The van der Waals surface area contributed by atoms with E-state index in [0.717, 1.165) is 19.1 Å². The van der Waals surface area contributed by atoms with Gasteiger partial charge in [-0.25, -0.2) is 13.6 Å². The van der Waals surface area contributed by atoms with Gasteiger partial charge >= 0.3 is 11.9 Å². The number of rotatable bonds is 3. The molecular weight excluding hydrogens is 438 g/mol. The number of carboxylic acids is 1. The summed E-state index contributed by atoms with van der Waals surface area (Å²) in [5.41, 5.74) is -7.58. The molecule has 2 N–H and O–H groups in total. The second kappa shape index (κ2) is 7.04. The molecule has 0 bridgehead atoms. The molecule has 0 aromatic carbocycles. The SMILES string of the molecule is CC(=O)O[C@]1(C(=O)C(=O)O)C(C)C[C@H]2[C@@H]3CC(F)C4=CC(=O)C=C[C@]4(C)[C@@]3(F)C(O)C[C@@]21C. The monoisotopic (exact) mass is 466 g/mol. The molecule has 3 fully saturated rings. The average Bonchev–Trinajstić information content (AvgIpc) is 2.92. The smallest absolute Gasteiger partial charge is 0.376 e.